The average Bonchev–Trinajstić information content (AvgIpc) is 2.89. The van der Waals surface area contributed by atoms with E-state index in [1.807, 2.05) is 18.5 Å². The predicted molar refractivity (Wildman–Crippen MR) is 70.1 cm³/mol. The number of aromatic nitrogens is 2. The van der Waals surface area contributed by atoms with Gasteiger partial charge < -0.3 is 4.98 Å². The van der Waals surface area contributed by atoms with Crippen LogP contribution in [0, 0.1) is 0 Å². The van der Waals surface area contributed by atoms with Gasteiger partial charge in [-0.25, -0.2) is 0 Å². The first-order valence-corrected chi connectivity index (χ1v) is 5.62. The number of benzene rings is 2. The van der Waals surface area contributed by atoms with Crippen LogP contribution in [0.1, 0.15) is 0 Å². The Labute approximate surface area is 117 Å². The molecule has 0 aliphatic rings. The molecule has 0 saturated carbocycles. The van der Waals surface area contributed by atoms with E-state index in [2.05, 4.69) is 46.4 Å². The van der Waals surface area contributed by atoms with Crippen molar-refractivity contribution in [2.24, 2.45) is 0 Å². The van der Waals surface area contributed by atoms with Gasteiger partial charge in [0.15, 0.2) is 0 Å². The Morgan fingerprint density at radius 1 is 0.778 bits per heavy atom. The van der Waals surface area contributed by atoms with Gasteiger partial charge in [0.1, 0.15) is 0 Å². The summed E-state index contributed by atoms with van der Waals surface area (Å²) < 4.78 is 0. The maximum Gasteiger partial charge on any atom is 0.0567 e. The first-order chi connectivity index (χ1) is 8.45. The van der Waals surface area contributed by atoms with Crippen LogP contribution >= 0.6 is 0 Å². The van der Waals surface area contributed by atoms with Gasteiger partial charge in [0.2, 0.25) is 0 Å². The molecule has 0 spiro atoms. The number of rotatable bonds is 0. The van der Waals surface area contributed by atoms with Crippen molar-refractivity contribution in [3.05, 3.63) is 54.9 Å². The summed E-state index contributed by atoms with van der Waals surface area (Å²) in [6.45, 7) is 0. The van der Waals surface area contributed by atoms with Gasteiger partial charge in [0, 0.05) is 31.7 Å². The van der Waals surface area contributed by atoms with Crippen LogP contribution in [0.3, 0.4) is 0 Å². The minimum absolute atomic E-state index is 0. The molecule has 3 heteroatoms. The van der Waals surface area contributed by atoms with Crippen LogP contribution in [0.15, 0.2) is 54.9 Å². The maximum absolute atomic E-state index is 4.47. The predicted octanol–water partition coefficient (Wildman–Crippen LogP) is 3.50. The van der Waals surface area contributed by atoms with Crippen LogP contribution in [-0.4, -0.2) is 4.98 Å². The number of fused-ring (bicyclic) bond motifs is 6. The van der Waals surface area contributed by atoms with Gasteiger partial charge in [-0.1, -0.05) is 36.4 Å². The molecular formula is C15H9IrN2-. The summed E-state index contributed by atoms with van der Waals surface area (Å²) in [6, 6.07) is 14.6. The van der Waals surface area contributed by atoms with E-state index in [-0.39, 0.29) is 20.1 Å². The van der Waals surface area contributed by atoms with E-state index in [0.29, 0.717) is 0 Å². The Kier molecular flexibility index (Phi) is 2.66. The number of pyridine rings is 1. The van der Waals surface area contributed by atoms with Gasteiger partial charge in [-0.15, -0.1) is 5.52 Å². The molecule has 0 unspecified atom stereocenters. The molecule has 4 aromatic rings. The molecule has 0 aliphatic heterocycles. The molecule has 18 heavy (non-hydrogen) atoms. The first kappa shape index (κ1) is 11.4. The fourth-order valence-electron chi connectivity index (χ4n) is 2.51. The molecule has 0 bridgehead atoms. The van der Waals surface area contributed by atoms with E-state index < -0.39 is 0 Å². The SMILES string of the molecule is [Ir].c1ccc2c(c1)c1cccnc1c1[n-]ccc21. The Hall–Kier alpha value is -1.70. The minimum Gasteiger partial charge on any atom is -0.662 e. The topological polar surface area (TPSA) is 27.0 Å². The van der Waals surface area contributed by atoms with Crippen molar-refractivity contribution >= 4 is 32.6 Å². The molecule has 0 saturated heterocycles. The molecule has 0 N–H and O–H groups in total. The standard InChI is InChI=1S/C15H9N2.Ir/c1-2-5-11-10(4-1)12-6-3-8-16-14(12)15-13(11)7-9-17-15;/h1-9H;/q-1;. The second-order valence-electron chi connectivity index (χ2n) is 4.15. The Bertz CT molecular complexity index is 779. The molecule has 2 nitrogen and oxygen atoms in total. The van der Waals surface area contributed by atoms with Gasteiger partial charge in [0.05, 0.1) is 5.52 Å². The van der Waals surface area contributed by atoms with Crippen molar-refractivity contribution in [1.82, 2.24) is 9.97 Å². The van der Waals surface area contributed by atoms with Crippen LogP contribution in [-0.2, 0) is 20.1 Å². The summed E-state index contributed by atoms with van der Waals surface area (Å²) in [5.41, 5.74) is 1.99. The number of hydrogen-bond donors (Lipinski definition) is 0. The van der Waals surface area contributed by atoms with E-state index in [0.717, 1.165) is 11.0 Å². The molecule has 0 fully saturated rings. The van der Waals surface area contributed by atoms with Crippen LogP contribution in [0.5, 0.6) is 0 Å². The van der Waals surface area contributed by atoms with Gasteiger partial charge in [-0.3, -0.25) is 4.98 Å². The van der Waals surface area contributed by atoms with Crippen LogP contribution in [0.4, 0.5) is 0 Å². The number of hydrogen-bond acceptors (Lipinski definition) is 1. The fraction of sp³-hybridized carbons (Fsp3) is 0. The summed E-state index contributed by atoms with van der Waals surface area (Å²) in [7, 11) is 0. The molecule has 2 aromatic heterocycles. The average molecular weight is 409 g/mol. The zero-order valence-corrected chi connectivity index (χ0v) is 11.8. The summed E-state index contributed by atoms with van der Waals surface area (Å²) in [4.78, 5) is 8.90. The Morgan fingerprint density at radius 2 is 1.50 bits per heavy atom. The van der Waals surface area contributed by atoms with E-state index in [1.54, 1.807) is 0 Å². The third-order valence-corrected chi connectivity index (χ3v) is 3.24. The smallest absolute Gasteiger partial charge is 0.0567 e. The van der Waals surface area contributed by atoms with Gasteiger partial charge in [0.25, 0.3) is 0 Å². The summed E-state index contributed by atoms with van der Waals surface area (Å²) in [5, 5.41) is 4.86. The quantitative estimate of drug-likeness (QED) is 0.416. The van der Waals surface area contributed by atoms with Crippen molar-refractivity contribution in [2.75, 3.05) is 0 Å². The molecule has 2 aromatic carbocycles. The number of nitrogens with zero attached hydrogens (tertiary/aromatic N) is 2. The Balaban J connectivity index is 0.000001000. The van der Waals surface area contributed by atoms with Crippen molar-refractivity contribution in [1.29, 1.82) is 0 Å². The summed E-state index contributed by atoms with van der Waals surface area (Å²) in [5.74, 6) is 0. The molecule has 0 amide bonds. The van der Waals surface area contributed by atoms with Gasteiger partial charge in [-0.2, -0.15) is 6.20 Å². The summed E-state index contributed by atoms with van der Waals surface area (Å²) in [6.07, 6.45) is 3.68. The zero-order chi connectivity index (χ0) is 11.2. The minimum atomic E-state index is 0. The van der Waals surface area contributed by atoms with E-state index in [4.69, 9.17) is 0 Å². The van der Waals surface area contributed by atoms with Crippen molar-refractivity contribution in [3.8, 4) is 0 Å². The van der Waals surface area contributed by atoms with Crippen molar-refractivity contribution < 1.29 is 20.1 Å². The third-order valence-electron chi connectivity index (χ3n) is 3.24. The Morgan fingerprint density at radius 3 is 2.33 bits per heavy atom. The van der Waals surface area contributed by atoms with Crippen molar-refractivity contribution in [3.63, 3.8) is 0 Å². The molecular weight excluding hydrogens is 400 g/mol. The van der Waals surface area contributed by atoms with Crippen LogP contribution < -0.4 is 4.98 Å². The molecule has 89 valence electrons. The molecule has 4 rings (SSSR count). The van der Waals surface area contributed by atoms with E-state index in [9.17, 15) is 0 Å². The monoisotopic (exact) mass is 410 g/mol. The van der Waals surface area contributed by atoms with Gasteiger partial charge in [-0.05, 0) is 22.2 Å². The third kappa shape index (κ3) is 1.41. The first-order valence-electron chi connectivity index (χ1n) is 5.62. The maximum atomic E-state index is 4.47. The van der Waals surface area contributed by atoms with E-state index in [1.165, 1.54) is 21.5 Å². The fourth-order valence-corrected chi connectivity index (χ4v) is 2.51. The normalized spacial score (nSPS) is 10.9. The van der Waals surface area contributed by atoms with Crippen molar-refractivity contribution in [2.45, 2.75) is 0 Å². The van der Waals surface area contributed by atoms with Crippen LogP contribution in [0.25, 0.3) is 32.6 Å². The molecule has 0 aliphatic carbocycles. The van der Waals surface area contributed by atoms with Crippen LogP contribution in [0.2, 0.25) is 0 Å². The molecule has 2 heterocycles. The molecule has 0 atom stereocenters. The largest absolute Gasteiger partial charge is 0.662 e. The molecule has 1 radical (unpaired) electrons. The zero-order valence-electron chi connectivity index (χ0n) is 9.42. The summed E-state index contributed by atoms with van der Waals surface area (Å²) >= 11 is 0. The second-order valence-corrected chi connectivity index (χ2v) is 4.15. The van der Waals surface area contributed by atoms with E-state index >= 15 is 0 Å². The van der Waals surface area contributed by atoms with Gasteiger partial charge >= 0.3 is 0 Å². The second kappa shape index (κ2) is 4.20.